The lowest BCUT2D eigenvalue weighted by atomic mass is 9.71. The number of amides is 1. The van der Waals surface area contributed by atoms with E-state index < -0.39 is 0 Å². The minimum Gasteiger partial charge on any atom is -0.347 e. The van der Waals surface area contributed by atoms with Crippen LogP contribution < -0.4 is 10.9 Å². The molecule has 1 atom stereocenters. The first kappa shape index (κ1) is 19.1. The van der Waals surface area contributed by atoms with Gasteiger partial charge in [0.1, 0.15) is 5.82 Å². The average molecular weight is 361 g/mol. The summed E-state index contributed by atoms with van der Waals surface area (Å²) in [6, 6.07) is -0.382. The number of carbonyl (C=O) groups is 1. The number of H-pyrrole nitrogens is 1. The molecule has 1 aromatic rings. The van der Waals surface area contributed by atoms with Crippen LogP contribution in [0, 0.1) is 11.3 Å². The maximum atomic E-state index is 12.9. The Morgan fingerprint density at radius 1 is 1.23 bits per heavy atom. The van der Waals surface area contributed by atoms with Crippen molar-refractivity contribution in [3.63, 3.8) is 0 Å². The van der Waals surface area contributed by atoms with Crippen molar-refractivity contribution in [1.82, 2.24) is 20.5 Å². The molecule has 1 heterocycles. The molecule has 0 aliphatic heterocycles. The van der Waals surface area contributed by atoms with Gasteiger partial charge in [-0.2, -0.15) is 0 Å². The molecule has 1 unspecified atom stereocenters. The third kappa shape index (κ3) is 3.99. The standard InChI is InChI=1S/C20H32N4O2/c1-4-15(21-19(26)20(3)11-9-13(2)10-12-20)16-18(25)22-17(24-23-16)14-7-5-6-8-14/h13-15H,4-12H2,1-3H3,(H,21,26)(H,22,24,25). The van der Waals surface area contributed by atoms with Crippen molar-refractivity contribution in [3.8, 4) is 0 Å². The van der Waals surface area contributed by atoms with Gasteiger partial charge in [-0.3, -0.25) is 9.59 Å². The second-order valence-corrected chi connectivity index (χ2v) is 8.58. The molecular formula is C20H32N4O2. The number of aromatic amines is 1. The molecule has 144 valence electrons. The Hall–Kier alpha value is -1.72. The lowest BCUT2D eigenvalue weighted by molar-refractivity contribution is -0.133. The van der Waals surface area contributed by atoms with Crippen molar-refractivity contribution < 1.29 is 4.79 Å². The molecule has 1 aromatic heterocycles. The van der Waals surface area contributed by atoms with E-state index in [0.29, 0.717) is 29.8 Å². The van der Waals surface area contributed by atoms with E-state index in [-0.39, 0.29) is 22.9 Å². The molecule has 0 saturated heterocycles. The number of nitrogens with zero attached hydrogens (tertiary/aromatic N) is 2. The van der Waals surface area contributed by atoms with E-state index in [4.69, 9.17) is 0 Å². The van der Waals surface area contributed by atoms with Crippen molar-refractivity contribution in [1.29, 1.82) is 0 Å². The molecule has 0 radical (unpaired) electrons. The number of carbonyl (C=O) groups excluding carboxylic acids is 1. The van der Waals surface area contributed by atoms with E-state index in [2.05, 4.69) is 27.4 Å². The molecular weight excluding hydrogens is 328 g/mol. The van der Waals surface area contributed by atoms with Gasteiger partial charge < -0.3 is 10.3 Å². The summed E-state index contributed by atoms with van der Waals surface area (Å²) in [5.74, 6) is 1.75. The average Bonchev–Trinajstić information content (AvgIpc) is 3.17. The van der Waals surface area contributed by atoms with E-state index in [1.54, 1.807) is 0 Å². The highest BCUT2D eigenvalue weighted by atomic mass is 16.2. The summed E-state index contributed by atoms with van der Waals surface area (Å²) in [6.45, 7) is 6.25. The van der Waals surface area contributed by atoms with Crippen molar-refractivity contribution in [2.75, 3.05) is 0 Å². The Bertz CT molecular complexity index is 685. The maximum Gasteiger partial charge on any atom is 0.275 e. The van der Waals surface area contributed by atoms with Crippen LogP contribution in [0.4, 0.5) is 0 Å². The maximum absolute atomic E-state index is 12.9. The zero-order chi connectivity index (χ0) is 18.7. The Morgan fingerprint density at radius 2 is 1.88 bits per heavy atom. The molecule has 6 nitrogen and oxygen atoms in total. The highest BCUT2D eigenvalue weighted by Crippen LogP contribution is 2.39. The SMILES string of the molecule is CCC(NC(=O)C1(C)CCC(C)CC1)c1nnc(C2CCCC2)[nH]c1=O. The van der Waals surface area contributed by atoms with Gasteiger partial charge in [0.15, 0.2) is 5.69 Å². The minimum absolute atomic E-state index is 0.0392. The smallest absolute Gasteiger partial charge is 0.275 e. The minimum atomic E-state index is -0.382. The largest absolute Gasteiger partial charge is 0.347 e. The third-order valence-corrected chi connectivity index (χ3v) is 6.45. The Labute approximate surface area is 155 Å². The number of rotatable bonds is 5. The first-order valence-electron chi connectivity index (χ1n) is 10.2. The quantitative estimate of drug-likeness (QED) is 0.840. The molecule has 26 heavy (non-hydrogen) atoms. The monoisotopic (exact) mass is 360 g/mol. The highest BCUT2D eigenvalue weighted by molar-refractivity contribution is 5.82. The molecule has 2 N–H and O–H groups in total. The van der Waals surface area contributed by atoms with Crippen molar-refractivity contribution in [3.05, 3.63) is 21.9 Å². The second kappa shape index (κ2) is 7.89. The van der Waals surface area contributed by atoms with Crippen LogP contribution in [0.2, 0.25) is 0 Å². The van der Waals surface area contributed by atoms with Gasteiger partial charge in [-0.1, -0.05) is 33.6 Å². The van der Waals surface area contributed by atoms with Gasteiger partial charge in [0, 0.05) is 11.3 Å². The van der Waals surface area contributed by atoms with Crippen LogP contribution in [0.25, 0.3) is 0 Å². The molecule has 2 aliphatic rings. The summed E-state index contributed by atoms with van der Waals surface area (Å²) in [6.07, 6.45) is 9.08. The summed E-state index contributed by atoms with van der Waals surface area (Å²) in [5, 5.41) is 11.6. The van der Waals surface area contributed by atoms with E-state index in [9.17, 15) is 9.59 Å². The normalized spacial score (nSPS) is 28.0. The zero-order valence-corrected chi connectivity index (χ0v) is 16.3. The summed E-state index contributed by atoms with van der Waals surface area (Å²) in [5.41, 5.74) is -0.226. The lowest BCUT2D eigenvalue weighted by Gasteiger charge is -2.35. The van der Waals surface area contributed by atoms with Gasteiger partial charge in [-0.15, -0.1) is 10.2 Å². The van der Waals surface area contributed by atoms with Gasteiger partial charge in [0.25, 0.3) is 5.56 Å². The predicted molar refractivity (Wildman–Crippen MR) is 101 cm³/mol. The van der Waals surface area contributed by atoms with Gasteiger partial charge in [-0.05, 0) is 50.9 Å². The lowest BCUT2D eigenvalue weighted by Crippen LogP contribution is -2.44. The van der Waals surface area contributed by atoms with Crippen molar-refractivity contribution in [2.24, 2.45) is 11.3 Å². The van der Waals surface area contributed by atoms with Crippen molar-refractivity contribution >= 4 is 5.91 Å². The summed E-state index contributed by atoms with van der Waals surface area (Å²) in [7, 11) is 0. The first-order valence-corrected chi connectivity index (χ1v) is 10.2. The molecule has 0 aromatic carbocycles. The van der Waals surface area contributed by atoms with Gasteiger partial charge in [0.2, 0.25) is 5.91 Å². The Kier molecular flexibility index (Phi) is 5.78. The van der Waals surface area contributed by atoms with E-state index >= 15 is 0 Å². The van der Waals surface area contributed by atoms with E-state index in [0.717, 1.165) is 38.5 Å². The second-order valence-electron chi connectivity index (χ2n) is 8.58. The molecule has 2 saturated carbocycles. The molecule has 2 aliphatic carbocycles. The van der Waals surface area contributed by atoms with Crippen LogP contribution in [0.3, 0.4) is 0 Å². The van der Waals surface area contributed by atoms with Crippen molar-refractivity contribution in [2.45, 2.75) is 90.5 Å². The summed E-state index contributed by atoms with van der Waals surface area (Å²) >= 11 is 0. The van der Waals surface area contributed by atoms with Crippen LogP contribution in [-0.4, -0.2) is 21.1 Å². The molecule has 2 fully saturated rings. The molecule has 0 spiro atoms. The summed E-state index contributed by atoms with van der Waals surface area (Å²) < 4.78 is 0. The summed E-state index contributed by atoms with van der Waals surface area (Å²) in [4.78, 5) is 28.4. The number of aromatic nitrogens is 3. The van der Waals surface area contributed by atoms with Crippen LogP contribution in [-0.2, 0) is 4.79 Å². The van der Waals surface area contributed by atoms with Gasteiger partial charge in [0.05, 0.1) is 6.04 Å². The molecule has 6 heteroatoms. The van der Waals surface area contributed by atoms with Gasteiger partial charge >= 0.3 is 0 Å². The van der Waals surface area contributed by atoms with Crippen LogP contribution in [0.5, 0.6) is 0 Å². The van der Waals surface area contributed by atoms with Crippen LogP contribution >= 0.6 is 0 Å². The topological polar surface area (TPSA) is 87.7 Å². The van der Waals surface area contributed by atoms with Gasteiger partial charge in [-0.25, -0.2) is 0 Å². The molecule has 0 bridgehead atoms. The third-order valence-electron chi connectivity index (χ3n) is 6.45. The number of nitrogens with one attached hydrogen (secondary N) is 2. The van der Waals surface area contributed by atoms with Crippen LogP contribution in [0.15, 0.2) is 4.79 Å². The number of hydrogen-bond acceptors (Lipinski definition) is 4. The fourth-order valence-electron chi connectivity index (χ4n) is 4.29. The fraction of sp³-hybridized carbons (Fsp3) is 0.800. The van der Waals surface area contributed by atoms with Crippen LogP contribution in [0.1, 0.15) is 102 Å². The molecule has 1 amide bonds. The Morgan fingerprint density at radius 3 is 2.46 bits per heavy atom. The Balaban J connectivity index is 1.72. The zero-order valence-electron chi connectivity index (χ0n) is 16.3. The van der Waals surface area contributed by atoms with E-state index in [1.165, 1.54) is 12.8 Å². The predicted octanol–water partition coefficient (Wildman–Crippen LogP) is 3.61. The fourth-order valence-corrected chi connectivity index (χ4v) is 4.29. The molecule has 3 rings (SSSR count). The van der Waals surface area contributed by atoms with E-state index in [1.807, 2.05) is 13.8 Å². The highest BCUT2D eigenvalue weighted by Gasteiger charge is 2.37. The number of hydrogen-bond donors (Lipinski definition) is 2. The first-order chi connectivity index (χ1) is 12.4.